The number of ether oxygens (including phenoxy) is 1. The molecule has 2 N–H and O–H groups in total. The molecule has 0 saturated carbocycles. The smallest absolute Gasteiger partial charge is 0.327 e. The van der Waals surface area contributed by atoms with Gasteiger partial charge in [-0.1, -0.05) is 0 Å². The van der Waals surface area contributed by atoms with Crippen molar-refractivity contribution < 1.29 is 19.4 Å². The predicted octanol–water partition coefficient (Wildman–Crippen LogP) is -0.242. The highest BCUT2D eigenvalue weighted by atomic mass is 16.5. The highest BCUT2D eigenvalue weighted by Crippen LogP contribution is 2.12. The highest BCUT2D eigenvalue weighted by Gasteiger charge is 2.27. The molecule has 0 aromatic heterocycles. The zero-order chi connectivity index (χ0) is 11.3. The van der Waals surface area contributed by atoms with Crippen LogP contribution in [0.25, 0.3) is 0 Å². The van der Waals surface area contributed by atoms with Crippen molar-refractivity contribution in [3.63, 3.8) is 0 Å². The number of terminal acetylenes is 1. The first-order chi connectivity index (χ1) is 7.15. The van der Waals surface area contributed by atoms with E-state index >= 15 is 0 Å². The van der Waals surface area contributed by atoms with Gasteiger partial charge in [0.1, 0.15) is 12.1 Å². The summed E-state index contributed by atoms with van der Waals surface area (Å²) < 4.78 is 5.12. The van der Waals surface area contributed by atoms with Crippen LogP contribution in [0.5, 0.6) is 0 Å². The molecule has 0 radical (unpaired) electrons. The SMILES string of the molecule is C#CC[C@@H](NC(=O)[C@@H]1CCCO1)C(=O)O. The van der Waals surface area contributed by atoms with Crippen LogP contribution in [0, 0.1) is 12.3 Å². The van der Waals surface area contributed by atoms with Gasteiger partial charge in [0.25, 0.3) is 0 Å². The Hall–Kier alpha value is -1.54. The summed E-state index contributed by atoms with van der Waals surface area (Å²) in [7, 11) is 0. The number of carbonyl (C=O) groups excluding carboxylic acids is 1. The van der Waals surface area contributed by atoms with Crippen molar-refractivity contribution >= 4 is 11.9 Å². The molecule has 1 aliphatic heterocycles. The number of hydrogen-bond acceptors (Lipinski definition) is 3. The third-order valence-electron chi connectivity index (χ3n) is 2.16. The molecule has 1 amide bonds. The molecule has 1 saturated heterocycles. The van der Waals surface area contributed by atoms with Crippen molar-refractivity contribution in [1.82, 2.24) is 5.32 Å². The van der Waals surface area contributed by atoms with Crippen molar-refractivity contribution in [3.05, 3.63) is 0 Å². The van der Waals surface area contributed by atoms with Crippen LogP contribution >= 0.6 is 0 Å². The first kappa shape index (κ1) is 11.5. The molecular formula is C10H13NO4. The Bertz CT molecular complexity index is 288. The minimum absolute atomic E-state index is 0.0200. The zero-order valence-electron chi connectivity index (χ0n) is 8.23. The molecule has 0 spiro atoms. The maximum atomic E-state index is 11.5. The van der Waals surface area contributed by atoms with E-state index < -0.39 is 24.0 Å². The lowest BCUT2D eigenvalue weighted by molar-refractivity contribution is -0.143. The van der Waals surface area contributed by atoms with Gasteiger partial charge in [-0.25, -0.2) is 4.79 Å². The topological polar surface area (TPSA) is 75.6 Å². The maximum absolute atomic E-state index is 11.5. The predicted molar refractivity (Wildman–Crippen MR) is 52.0 cm³/mol. The number of nitrogens with one attached hydrogen (secondary N) is 1. The summed E-state index contributed by atoms with van der Waals surface area (Å²) in [4.78, 5) is 22.2. The van der Waals surface area contributed by atoms with Gasteiger partial charge in [-0.15, -0.1) is 12.3 Å². The van der Waals surface area contributed by atoms with Gasteiger partial charge in [0.15, 0.2) is 0 Å². The zero-order valence-corrected chi connectivity index (χ0v) is 8.23. The van der Waals surface area contributed by atoms with Crippen LogP contribution in [0.15, 0.2) is 0 Å². The first-order valence-electron chi connectivity index (χ1n) is 4.73. The lowest BCUT2D eigenvalue weighted by Gasteiger charge is -2.14. The number of rotatable bonds is 4. The molecule has 0 unspecified atom stereocenters. The van der Waals surface area contributed by atoms with Crippen LogP contribution in [0.1, 0.15) is 19.3 Å². The monoisotopic (exact) mass is 211 g/mol. The Kier molecular flexibility index (Phi) is 4.13. The summed E-state index contributed by atoms with van der Waals surface area (Å²) >= 11 is 0. The lowest BCUT2D eigenvalue weighted by Crippen LogP contribution is -2.45. The third-order valence-corrected chi connectivity index (χ3v) is 2.16. The summed E-state index contributed by atoms with van der Waals surface area (Å²) in [6.07, 6.45) is 5.91. The average Bonchev–Trinajstić information content (AvgIpc) is 2.69. The molecule has 82 valence electrons. The van der Waals surface area contributed by atoms with Crippen molar-refractivity contribution in [2.75, 3.05) is 6.61 Å². The Morgan fingerprint density at radius 3 is 2.87 bits per heavy atom. The molecule has 0 aromatic carbocycles. The van der Waals surface area contributed by atoms with E-state index in [0.717, 1.165) is 6.42 Å². The fourth-order valence-electron chi connectivity index (χ4n) is 1.37. The summed E-state index contributed by atoms with van der Waals surface area (Å²) in [6, 6.07) is -1.02. The molecule has 0 aliphatic carbocycles. The molecule has 1 rings (SSSR count). The van der Waals surface area contributed by atoms with E-state index in [4.69, 9.17) is 16.3 Å². The van der Waals surface area contributed by atoms with Crippen LogP contribution in [-0.2, 0) is 14.3 Å². The molecule has 1 aliphatic rings. The summed E-state index contributed by atoms with van der Waals surface area (Å²) in [5, 5.41) is 11.1. The fourth-order valence-corrected chi connectivity index (χ4v) is 1.37. The van der Waals surface area contributed by atoms with E-state index in [1.54, 1.807) is 0 Å². The summed E-state index contributed by atoms with van der Waals surface area (Å²) in [5.74, 6) is 0.690. The average molecular weight is 211 g/mol. The minimum atomic E-state index is -1.13. The molecule has 1 heterocycles. The Labute approximate surface area is 87.8 Å². The largest absolute Gasteiger partial charge is 0.480 e. The van der Waals surface area contributed by atoms with Crippen LogP contribution < -0.4 is 5.32 Å². The van der Waals surface area contributed by atoms with Crippen LogP contribution in [0.4, 0.5) is 0 Å². The van der Waals surface area contributed by atoms with Gasteiger partial charge in [-0.05, 0) is 12.8 Å². The maximum Gasteiger partial charge on any atom is 0.327 e. The van der Waals surface area contributed by atoms with E-state index in [1.165, 1.54) is 0 Å². The van der Waals surface area contributed by atoms with Crippen LogP contribution in [0.2, 0.25) is 0 Å². The van der Waals surface area contributed by atoms with Gasteiger partial charge in [-0.3, -0.25) is 4.79 Å². The standard InChI is InChI=1S/C10H13NO4/c1-2-4-7(10(13)14)11-9(12)8-5-3-6-15-8/h1,7-8H,3-6H2,(H,11,12)(H,13,14)/t7-,8+/m1/s1. The molecule has 2 atom stereocenters. The molecular weight excluding hydrogens is 198 g/mol. The summed E-state index contributed by atoms with van der Waals surface area (Å²) in [6.45, 7) is 0.547. The third kappa shape index (κ3) is 3.26. The molecule has 5 heteroatoms. The van der Waals surface area contributed by atoms with Gasteiger partial charge in [0, 0.05) is 13.0 Å². The van der Waals surface area contributed by atoms with E-state index in [0.29, 0.717) is 13.0 Å². The molecule has 5 nitrogen and oxygen atoms in total. The number of carboxylic acid groups (broad SMARTS) is 1. The summed E-state index contributed by atoms with van der Waals surface area (Å²) in [5.41, 5.74) is 0. The first-order valence-corrected chi connectivity index (χ1v) is 4.73. The van der Waals surface area contributed by atoms with Crippen molar-refractivity contribution in [2.45, 2.75) is 31.4 Å². The quantitative estimate of drug-likeness (QED) is 0.629. The Morgan fingerprint density at radius 2 is 2.40 bits per heavy atom. The number of hydrogen-bond donors (Lipinski definition) is 2. The van der Waals surface area contributed by atoms with E-state index in [2.05, 4.69) is 11.2 Å². The minimum Gasteiger partial charge on any atom is -0.480 e. The Balaban J connectivity index is 2.46. The van der Waals surface area contributed by atoms with Crippen LogP contribution in [0.3, 0.4) is 0 Å². The van der Waals surface area contributed by atoms with Gasteiger partial charge in [0.2, 0.25) is 5.91 Å². The van der Waals surface area contributed by atoms with E-state index in [1.807, 2.05) is 0 Å². The number of carbonyl (C=O) groups is 2. The van der Waals surface area contributed by atoms with Gasteiger partial charge >= 0.3 is 5.97 Å². The highest BCUT2D eigenvalue weighted by molar-refractivity contribution is 5.86. The van der Waals surface area contributed by atoms with Gasteiger partial charge < -0.3 is 15.2 Å². The number of aliphatic carboxylic acids is 1. The van der Waals surface area contributed by atoms with Gasteiger partial charge in [-0.2, -0.15) is 0 Å². The van der Waals surface area contributed by atoms with Crippen molar-refractivity contribution in [1.29, 1.82) is 0 Å². The normalized spacial score (nSPS) is 21.7. The lowest BCUT2D eigenvalue weighted by atomic mass is 10.2. The molecule has 0 bridgehead atoms. The molecule has 15 heavy (non-hydrogen) atoms. The number of amides is 1. The van der Waals surface area contributed by atoms with E-state index in [-0.39, 0.29) is 6.42 Å². The van der Waals surface area contributed by atoms with Crippen molar-refractivity contribution in [2.24, 2.45) is 0 Å². The molecule has 0 aromatic rings. The Morgan fingerprint density at radius 1 is 1.67 bits per heavy atom. The second kappa shape index (κ2) is 5.37. The fraction of sp³-hybridized carbons (Fsp3) is 0.600. The van der Waals surface area contributed by atoms with Crippen molar-refractivity contribution in [3.8, 4) is 12.3 Å². The van der Waals surface area contributed by atoms with Crippen LogP contribution in [-0.4, -0.2) is 35.7 Å². The van der Waals surface area contributed by atoms with Gasteiger partial charge in [0.05, 0.1) is 0 Å². The van der Waals surface area contributed by atoms with E-state index in [9.17, 15) is 9.59 Å². The molecule has 1 fully saturated rings. The number of carboxylic acids is 1. The second-order valence-corrected chi connectivity index (χ2v) is 3.31. The second-order valence-electron chi connectivity index (χ2n) is 3.31.